The van der Waals surface area contributed by atoms with Crippen LogP contribution in [-0.2, 0) is 5.41 Å². The van der Waals surface area contributed by atoms with Crippen molar-refractivity contribution in [3.05, 3.63) is 51.9 Å². The molecule has 0 atom stereocenters. The standard InChI is InChI=1S/C14H18BrN3/c1-14(2,3)13-6-4-11(5-7-13)12(10-15)8-9-17-18-16/h4-8H,9-10H2,1-3H3. The third kappa shape index (κ3) is 4.21. The Kier molecular flexibility index (Phi) is 5.45. The fraction of sp³-hybridized carbons (Fsp3) is 0.429. The molecule has 1 aromatic rings. The average molecular weight is 308 g/mol. The van der Waals surface area contributed by atoms with E-state index < -0.39 is 0 Å². The maximum Gasteiger partial charge on any atom is 0.0446 e. The Morgan fingerprint density at radius 3 is 2.39 bits per heavy atom. The van der Waals surface area contributed by atoms with Crippen LogP contribution in [-0.4, -0.2) is 11.9 Å². The number of azide groups is 1. The van der Waals surface area contributed by atoms with Crippen LogP contribution in [0.4, 0.5) is 0 Å². The van der Waals surface area contributed by atoms with Gasteiger partial charge in [0, 0.05) is 16.8 Å². The summed E-state index contributed by atoms with van der Waals surface area (Å²) in [6, 6.07) is 8.53. The van der Waals surface area contributed by atoms with Gasteiger partial charge in [-0.25, -0.2) is 0 Å². The lowest BCUT2D eigenvalue weighted by atomic mass is 9.86. The van der Waals surface area contributed by atoms with Crippen molar-refractivity contribution in [3.8, 4) is 0 Å². The largest absolute Gasteiger partial charge is 0.0899 e. The molecule has 0 saturated carbocycles. The van der Waals surface area contributed by atoms with Crippen LogP contribution in [0.2, 0.25) is 0 Å². The highest BCUT2D eigenvalue weighted by Crippen LogP contribution is 2.24. The van der Waals surface area contributed by atoms with Crippen LogP contribution in [0.3, 0.4) is 0 Å². The van der Waals surface area contributed by atoms with Crippen molar-refractivity contribution >= 4 is 21.5 Å². The van der Waals surface area contributed by atoms with Crippen molar-refractivity contribution in [1.29, 1.82) is 0 Å². The Morgan fingerprint density at radius 2 is 1.94 bits per heavy atom. The van der Waals surface area contributed by atoms with Crippen LogP contribution in [0.25, 0.3) is 16.0 Å². The molecule has 1 aromatic carbocycles. The molecule has 0 amide bonds. The zero-order chi connectivity index (χ0) is 13.6. The summed E-state index contributed by atoms with van der Waals surface area (Å²) in [6.45, 7) is 6.99. The molecule has 3 nitrogen and oxygen atoms in total. The smallest absolute Gasteiger partial charge is 0.0446 e. The average Bonchev–Trinajstić information content (AvgIpc) is 2.34. The fourth-order valence-electron chi connectivity index (χ4n) is 1.62. The Bertz CT molecular complexity index is 463. The van der Waals surface area contributed by atoms with Crippen molar-refractivity contribution in [1.82, 2.24) is 0 Å². The van der Waals surface area contributed by atoms with Crippen LogP contribution in [0.5, 0.6) is 0 Å². The highest BCUT2D eigenvalue weighted by atomic mass is 79.9. The zero-order valence-electron chi connectivity index (χ0n) is 11.0. The number of hydrogen-bond acceptors (Lipinski definition) is 1. The molecule has 0 heterocycles. The minimum atomic E-state index is 0.169. The highest BCUT2D eigenvalue weighted by Gasteiger charge is 2.13. The quantitative estimate of drug-likeness (QED) is 0.322. The number of nitrogens with zero attached hydrogens (tertiary/aromatic N) is 3. The molecular weight excluding hydrogens is 290 g/mol. The first-order valence-corrected chi connectivity index (χ1v) is 6.98. The van der Waals surface area contributed by atoms with Crippen LogP contribution in [0.1, 0.15) is 31.9 Å². The summed E-state index contributed by atoms with van der Waals surface area (Å²) in [7, 11) is 0. The van der Waals surface area contributed by atoms with Gasteiger partial charge in [0.1, 0.15) is 0 Å². The molecular formula is C14H18BrN3. The maximum absolute atomic E-state index is 8.27. The normalized spacial score (nSPS) is 12.1. The van der Waals surface area contributed by atoms with Gasteiger partial charge in [0.25, 0.3) is 0 Å². The Labute approximate surface area is 117 Å². The van der Waals surface area contributed by atoms with Crippen molar-refractivity contribution in [3.63, 3.8) is 0 Å². The molecule has 0 fully saturated rings. The monoisotopic (exact) mass is 307 g/mol. The lowest BCUT2D eigenvalue weighted by Gasteiger charge is -2.19. The maximum atomic E-state index is 8.27. The van der Waals surface area contributed by atoms with E-state index in [4.69, 9.17) is 5.53 Å². The molecule has 0 aliphatic rings. The van der Waals surface area contributed by atoms with Gasteiger partial charge in [-0.1, -0.05) is 72.2 Å². The van der Waals surface area contributed by atoms with Crippen LogP contribution in [0, 0.1) is 0 Å². The zero-order valence-corrected chi connectivity index (χ0v) is 12.6. The lowest BCUT2D eigenvalue weighted by molar-refractivity contribution is 0.590. The van der Waals surface area contributed by atoms with Gasteiger partial charge in [0.05, 0.1) is 0 Å². The van der Waals surface area contributed by atoms with Gasteiger partial charge >= 0.3 is 0 Å². The van der Waals surface area contributed by atoms with E-state index in [0.717, 1.165) is 16.5 Å². The first kappa shape index (κ1) is 14.8. The SMILES string of the molecule is CC(C)(C)c1ccc(C(=CCN=[N+]=[N-])CBr)cc1. The van der Waals surface area contributed by atoms with Gasteiger partial charge in [-0.15, -0.1) is 0 Å². The van der Waals surface area contributed by atoms with Crippen molar-refractivity contribution < 1.29 is 0 Å². The predicted molar refractivity (Wildman–Crippen MR) is 80.9 cm³/mol. The van der Waals surface area contributed by atoms with E-state index in [1.807, 2.05) is 6.08 Å². The van der Waals surface area contributed by atoms with Crippen molar-refractivity contribution in [2.45, 2.75) is 26.2 Å². The van der Waals surface area contributed by atoms with Crippen LogP contribution >= 0.6 is 15.9 Å². The second-order valence-corrected chi connectivity index (χ2v) is 5.66. The Hall–Kier alpha value is -1.25. The molecule has 1 rings (SSSR count). The van der Waals surface area contributed by atoms with Gasteiger partial charge in [0.2, 0.25) is 0 Å². The van der Waals surface area contributed by atoms with E-state index in [1.165, 1.54) is 5.56 Å². The van der Waals surface area contributed by atoms with Gasteiger partial charge in [-0.3, -0.25) is 0 Å². The molecule has 96 valence electrons. The van der Waals surface area contributed by atoms with Gasteiger partial charge < -0.3 is 0 Å². The fourth-order valence-corrected chi connectivity index (χ4v) is 2.17. The summed E-state index contributed by atoms with van der Waals surface area (Å²) in [6.07, 6.45) is 1.95. The van der Waals surface area contributed by atoms with Crippen molar-refractivity contribution in [2.75, 3.05) is 11.9 Å². The van der Waals surface area contributed by atoms with E-state index in [-0.39, 0.29) is 5.41 Å². The molecule has 0 spiro atoms. The molecule has 0 bridgehead atoms. The molecule has 0 radical (unpaired) electrons. The number of alkyl halides is 1. The summed E-state index contributed by atoms with van der Waals surface area (Å²) in [5.41, 5.74) is 12.1. The number of benzene rings is 1. The predicted octanol–water partition coefficient (Wildman–Crippen LogP) is 5.07. The van der Waals surface area contributed by atoms with Gasteiger partial charge in [-0.05, 0) is 27.6 Å². The molecule has 0 saturated heterocycles. The third-order valence-corrected chi connectivity index (χ3v) is 3.35. The van der Waals surface area contributed by atoms with E-state index in [9.17, 15) is 0 Å². The molecule has 4 heteroatoms. The van der Waals surface area contributed by atoms with Gasteiger partial charge in [-0.2, -0.15) is 0 Å². The molecule has 0 aliphatic carbocycles. The topological polar surface area (TPSA) is 48.8 Å². The second kappa shape index (κ2) is 6.62. The molecule has 0 aromatic heterocycles. The van der Waals surface area contributed by atoms with Gasteiger partial charge in [0.15, 0.2) is 0 Å². The lowest BCUT2D eigenvalue weighted by Crippen LogP contribution is -2.10. The number of hydrogen-bond donors (Lipinski definition) is 0. The van der Waals surface area contributed by atoms with Crippen molar-refractivity contribution in [2.24, 2.45) is 5.11 Å². The first-order valence-electron chi connectivity index (χ1n) is 5.86. The Balaban J connectivity index is 2.95. The van der Waals surface area contributed by atoms with Crippen LogP contribution < -0.4 is 0 Å². The highest BCUT2D eigenvalue weighted by molar-refractivity contribution is 9.09. The van der Waals surface area contributed by atoms with E-state index in [2.05, 4.69) is 71.0 Å². The minimum absolute atomic E-state index is 0.169. The number of rotatable bonds is 4. The van der Waals surface area contributed by atoms with E-state index >= 15 is 0 Å². The summed E-state index contributed by atoms with van der Waals surface area (Å²) in [4.78, 5) is 2.75. The first-order chi connectivity index (χ1) is 8.49. The Morgan fingerprint density at radius 1 is 1.33 bits per heavy atom. The number of halogens is 1. The number of allylic oxidation sites excluding steroid dienone is 1. The van der Waals surface area contributed by atoms with E-state index in [0.29, 0.717) is 6.54 Å². The second-order valence-electron chi connectivity index (χ2n) is 5.10. The summed E-state index contributed by atoms with van der Waals surface area (Å²) in [5.74, 6) is 0. The van der Waals surface area contributed by atoms with Crippen LogP contribution in [0.15, 0.2) is 35.5 Å². The van der Waals surface area contributed by atoms with E-state index in [1.54, 1.807) is 0 Å². The third-order valence-electron chi connectivity index (χ3n) is 2.75. The molecule has 18 heavy (non-hydrogen) atoms. The molecule has 0 N–H and O–H groups in total. The summed E-state index contributed by atoms with van der Waals surface area (Å²) >= 11 is 3.46. The summed E-state index contributed by atoms with van der Waals surface area (Å²) < 4.78 is 0. The molecule has 0 unspecified atom stereocenters. The minimum Gasteiger partial charge on any atom is -0.0899 e. The summed E-state index contributed by atoms with van der Waals surface area (Å²) in [5, 5.41) is 4.28. The molecule has 0 aliphatic heterocycles.